The van der Waals surface area contributed by atoms with E-state index in [4.69, 9.17) is 0 Å². The molecule has 26 heavy (non-hydrogen) atoms. The molecule has 0 atom stereocenters. The van der Waals surface area contributed by atoms with Gasteiger partial charge in [0.1, 0.15) is 0 Å². The average Bonchev–Trinajstić information content (AvgIpc) is 2.66. The van der Waals surface area contributed by atoms with E-state index in [-0.39, 0.29) is 0 Å². The van der Waals surface area contributed by atoms with Crippen molar-refractivity contribution in [2.45, 2.75) is 65.3 Å². The number of aryl methyl sites for hydroxylation is 3. The third-order valence-corrected chi connectivity index (χ3v) is 6.30. The zero-order valence-corrected chi connectivity index (χ0v) is 16.6. The molecule has 1 fully saturated rings. The van der Waals surface area contributed by atoms with Crippen LogP contribution in [0.2, 0.25) is 0 Å². The minimum atomic E-state index is 0.881. The first kappa shape index (κ1) is 19.2. The van der Waals surface area contributed by atoms with E-state index in [0.29, 0.717) is 0 Å². The van der Waals surface area contributed by atoms with Crippen molar-refractivity contribution >= 4 is 0 Å². The van der Waals surface area contributed by atoms with E-state index in [1.807, 2.05) is 0 Å². The number of rotatable bonds is 8. The largest absolute Gasteiger partial charge is 0.312 e. The van der Waals surface area contributed by atoms with Gasteiger partial charge < -0.3 is 5.32 Å². The van der Waals surface area contributed by atoms with Gasteiger partial charge in [-0.15, -0.1) is 0 Å². The average molecular weight is 350 g/mol. The van der Waals surface area contributed by atoms with Crippen LogP contribution in [0.25, 0.3) is 0 Å². The lowest BCUT2D eigenvalue weighted by Crippen LogP contribution is -2.26. The second kappa shape index (κ2) is 9.92. The van der Waals surface area contributed by atoms with Crippen LogP contribution in [0.4, 0.5) is 0 Å². The van der Waals surface area contributed by atoms with Crippen LogP contribution in [0.1, 0.15) is 60.8 Å². The van der Waals surface area contributed by atoms with Gasteiger partial charge in [0.05, 0.1) is 0 Å². The van der Waals surface area contributed by atoms with Crippen LogP contribution >= 0.6 is 0 Å². The highest BCUT2D eigenvalue weighted by Crippen LogP contribution is 2.31. The maximum Gasteiger partial charge on any atom is 0.0208 e. The first-order valence-corrected chi connectivity index (χ1v) is 10.5. The highest BCUT2D eigenvalue weighted by molar-refractivity contribution is 5.26. The van der Waals surface area contributed by atoms with Gasteiger partial charge in [-0.05, 0) is 80.2 Å². The Morgan fingerprint density at radius 3 is 2.00 bits per heavy atom. The fourth-order valence-electron chi connectivity index (χ4n) is 4.42. The number of hydrogen-bond donors (Lipinski definition) is 1. The minimum Gasteiger partial charge on any atom is -0.312 e. The molecule has 0 spiro atoms. The summed E-state index contributed by atoms with van der Waals surface area (Å²) in [5, 5.41) is 3.70. The van der Waals surface area contributed by atoms with Gasteiger partial charge in [-0.1, -0.05) is 67.8 Å². The predicted octanol–water partition coefficient (Wildman–Crippen LogP) is 6.22. The normalized spacial score (nSPS) is 20.2. The molecule has 1 nitrogen and oxygen atoms in total. The van der Waals surface area contributed by atoms with E-state index in [0.717, 1.165) is 18.4 Å². The summed E-state index contributed by atoms with van der Waals surface area (Å²) < 4.78 is 0. The molecule has 140 valence electrons. The van der Waals surface area contributed by atoms with Crippen molar-refractivity contribution in [2.75, 3.05) is 6.54 Å². The lowest BCUT2D eigenvalue weighted by Gasteiger charge is -2.29. The van der Waals surface area contributed by atoms with Gasteiger partial charge in [-0.25, -0.2) is 0 Å². The van der Waals surface area contributed by atoms with Gasteiger partial charge in [0.2, 0.25) is 0 Å². The molecule has 0 bridgehead atoms. The first-order chi connectivity index (χ1) is 12.7. The Morgan fingerprint density at radius 1 is 0.769 bits per heavy atom. The predicted molar refractivity (Wildman–Crippen MR) is 112 cm³/mol. The Balaban J connectivity index is 1.30. The molecule has 0 heterocycles. The van der Waals surface area contributed by atoms with Crippen LogP contribution in [0, 0.1) is 25.7 Å². The number of benzene rings is 2. The van der Waals surface area contributed by atoms with E-state index < -0.39 is 0 Å². The van der Waals surface area contributed by atoms with Crippen LogP contribution in [-0.4, -0.2) is 6.54 Å². The van der Waals surface area contributed by atoms with E-state index in [1.165, 1.54) is 68.2 Å². The third-order valence-electron chi connectivity index (χ3n) is 6.30. The molecule has 0 amide bonds. The van der Waals surface area contributed by atoms with Crippen molar-refractivity contribution in [1.29, 1.82) is 0 Å². The maximum absolute atomic E-state index is 3.70. The lowest BCUT2D eigenvalue weighted by atomic mass is 9.79. The van der Waals surface area contributed by atoms with E-state index in [9.17, 15) is 0 Å². The summed E-state index contributed by atoms with van der Waals surface area (Å²) in [4.78, 5) is 0. The second-order valence-corrected chi connectivity index (χ2v) is 8.26. The fraction of sp³-hybridized carbons (Fsp3) is 0.520. The van der Waals surface area contributed by atoms with Gasteiger partial charge in [-0.2, -0.15) is 0 Å². The van der Waals surface area contributed by atoms with Crippen LogP contribution in [0.15, 0.2) is 48.5 Å². The van der Waals surface area contributed by atoms with Crippen molar-refractivity contribution < 1.29 is 0 Å². The van der Waals surface area contributed by atoms with Crippen LogP contribution in [-0.2, 0) is 13.0 Å². The van der Waals surface area contributed by atoms with Crippen molar-refractivity contribution in [2.24, 2.45) is 11.8 Å². The summed E-state index contributed by atoms with van der Waals surface area (Å²) in [6, 6.07) is 17.6. The number of hydrogen-bond acceptors (Lipinski definition) is 1. The molecule has 2 aromatic rings. The van der Waals surface area contributed by atoms with E-state index >= 15 is 0 Å². The molecular formula is C25H35N. The van der Waals surface area contributed by atoms with Crippen LogP contribution in [0.5, 0.6) is 0 Å². The molecule has 1 N–H and O–H groups in total. The summed E-state index contributed by atoms with van der Waals surface area (Å²) in [5.41, 5.74) is 5.84. The Morgan fingerprint density at radius 2 is 1.35 bits per heavy atom. The second-order valence-electron chi connectivity index (χ2n) is 8.26. The highest BCUT2D eigenvalue weighted by atomic mass is 14.9. The molecule has 0 aliphatic heterocycles. The summed E-state index contributed by atoms with van der Waals surface area (Å²) in [7, 11) is 0. The van der Waals surface area contributed by atoms with Gasteiger partial charge in [0, 0.05) is 6.54 Å². The van der Waals surface area contributed by atoms with Crippen LogP contribution in [0.3, 0.4) is 0 Å². The monoisotopic (exact) mass is 349 g/mol. The first-order valence-electron chi connectivity index (χ1n) is 10.5. The zero-order chi connectivity index (χ0) is 18.2. The summed E-state index contributed by atoms with van der Waals surface area (Å²) in [6.45, 7) is 6.65. The molecule has 1 heteroatoms. The van der Waals surface area contributed by atoms with Crippen LogP contribution < -0.4 is 5.32 Å². The third kappa shape index (κ3) is 5.71. The molecule has 0 saturated heterocycles. The van der Waals surface area contributed by atoms with Gasteiger partial charge in [0.15, 0.2) is 0 Å². The molecule has 0 unspecified atom stereocenters. The highest BCUT2D eigenvalue weighted by Gasteiger charge is 2.20. The summed E-state index contributed by atoms with van der Waals surface area (Å²) in [5.74, 6) is 1.85. The zero-order valence-electron chi connectivity index (χ0n) is 16.6. The molecule has 0 aromatic heterocycles. The lowest BCUT2D eigenvalue weighted by molar-refractivity contribution is 0.254. The Hall–Kier alpha value is -1.60. The van der Waals surface area contributed by atoms with Gasteiger partial charge in [-0.3, -0.25) is 0 Å². The van der Waals surface area contributed by atoms with Gasteiger partial charge >= 0.3 is 0 Å². The SMILES string of the molecule is Cc1ccccc1CCCC1CCC(CNCc2ccccc2C)CC1. The van der Waals surface area contributed by atoms with Gasteiger partial charge in [0.25, 0.3) is 0 Å². The summed E-state index contributed by atoms with van der Waals surface area (Å²) in [6.07, 6.45) is 9.72. The molecule has 2 aromatic carbocycles. The Kier molecular flexibility index (Phi) is 7.32. The van der Waals surface area contributed by atoms with Crippen molar-refractivity contribution in [3.63, 3.8) is 0 Å². The molecule has 3 rings (SSSR count). The van der Waals surface area contributed by atoms with E-state index in [2.05, 4.69) is 67.7 Å². The molecular weight excluding hydrogens is 314 g/mol. The van der Waals surface area contributed by atoms with Crippen molar-refractivity contribution in [3.8, 4) is 0 Å². The molecule has 1 aliphatic carbocycles. The quantitative estimate of drug-likeness (QED) is 0.596. The smallest absolute Gasteiger partial charge is 0.0208 e. The molecule has 0 radical (unpaired) electrons. The molecule has 1 saturated carbocycles. The number of nitrogens with one attached hydrogen (secondary N) is 1. The topological polar surface area (TPSA) is 12.0 Å². The minimum absolute atomic E-state index is 0.881. The Bertz CT molecular complexity index is 608. The Labute approximate surface area is 160 Å². The summed E-state index contributed by atoms with van der Waals surface area (Å²) >= 11 is 0. The standard InChI is InChI=1S/C25H35N/c1-20-8-3-5-11-24(20)13-7-10-22-14-16-23(17-15-22)18-26-19-25-12-6-4-9-21(25)2/h3-6,8-9,11-12,22-23,26H,7,10,13-19H2,1-2H3. The fourth-order valence-corrected chi connectivity index (χ4v) is 4.42. The van der Waals surface area contributed by atoms with Crippen molar-refractivity contribution in [1.82, 2.24) is 5.32 Å². The maximum atomic E-state index is 3.70. The van der Waals surface area contributed by atoms with E-state index in [1.54, 1.807) is 5.56 Å². The molecule has 1 aliphatic rings. The van der Waals surface area contributed by atoms with Crippen molar-refractivity contribution in [3.05, 3.63) is 70.8 Å².